The molecule has 0 atom stereocenters. The van der Waals surface area contributed by atoms with Gasteiger partial charge in [0.2, 0.25) is 0 Å². The number of aromatic nitrogens is 1. The first-order valence-corrected chi connectivity index (χ1v) is 5.82. The van der Waals surface area contributed by atoms with Gasteiger partial charge in [-0.1, -0.05) is 41.5 Å². The van der Waals surface area contributed by atoms with Gasteiger partial charge in [-0.05, 0) is 11.5 Å². The highest BCUT2D eigenvalue weighted by Crippen LogP contribution is 2.40. The van der Waals surface area contributed by atoms with E-state index in [9.17, 15) is 0 Å². The molecule has 0 aromatic carbocycles. The average molecular weight is 219 g/mol. The molecule has 0 bridgehead atoms. The van der Waals surface area contributed by atoms with E-state index in [0.29, 0.717) is 0 Å². The second kappa shape index (κ2) is 3.16. The summed E-state index contributed by atoms with van der Waals surface area (Å²) < 4.78 is 6.00. The van der Waals surface area contributed by atoms with Crippen LogP contribution in [-0.4, -0.2) is 4.98 Å². The maximum absolute atomic E-state index is 6.00. The summed E-state index contributed by atoms with van der Waals surface area (Å²) in [5, 5.41) is 0. The van der Waals surface area contributed by atoms with E-state index in [0.717, 1.165) is 16.9 Å². The number of aromatic amines is 1. The zero-order chi connectivity index (χ0) is 12.1. The molecule has 0 unspecified atom stereocenters. The minimum atomic E-state index is 0.0441. The van der Waals surface area contributed by atoms with Crippen LogP contribution in [0.3, 0.4) is 0 Å². The number of hydrogen-bond acceptors (Lipinski definition) is 1. The van der Waals surface area contributed by atoms with E-state index in [2.05, 4.69) is 46.5 Å². The van der Waals surface area contributed by atoms with E-state index >= 15 is 0 Å². The molecule has 0 radical (unpaired) electrons. The predicted octanol–water partition coefficient (Wildman–Crippen LogP) is 4.36. The van der Waals surface area contributed by atoms with Gasteiger partial charge in [0.05, 0.1) is 5.52 Å². The summed E-state index contributed by atoms with van der Waals surface area (Å²) in [4.78, 5) is 3.29. The summed E-state index contributed by atoms with van der Waals surface area (Å²) >= 11 is 0. The number of furan rings is 1. The Hall–Kier alpha value is -1.18. The van der Waals surface area contributed by atoms with Gasteiger partial charge in [-0.2, -0.15) is 0 Å². The topological polar surface area (TPSA) is 28.9 Å². The second-order valence-electron chi connectivity index (χ2n) is 6.52. The smallest absolute Gasteiger partial charge is 0.152 e. The van der Waals surface area contributed by atoms with Crippen LogP contribution in [0.15, 0.2) is 16.7 Å². The van der Waals surface area contributed by atoms with Crippen molar-refractivity contribution in [3.8, 4) is 0 Å². The zero-order valence-electron chi connectivity index (χ0n) is 11.1. The molecule has 0 aliphatic heterocycles. The van der Waals surface area contributed by atoms with E-state index in [1.54, 1.807) is 0 Å². The van der Waals surface area contributed by atoms with Crippen molar-refractivity contribution in [2.45, 2.75) is 52.4 Å². The van der Waals surface area contributed by atoms with Crippen LogP contribution in [-0.2, 0) is 10.8 Å². The first-order valence-electron chi connectivity index (χ1n) is 5.82. The summed E-state index contributed by atoms with van der Waals surface area (Å²) in [5.74, 6) is 1.10. The highest BCUT2D eigenvalue weighted by molar-refractivity contribution is 5.80. The number of fused-ring (bicyclic) bond motifs is 1. The molecule has 16 heavy (non-hydrogen) atoms. The van der Waals surface area contributed by atoms with Gasteiger partial charge in [-0.15, -0.1) is 0 Å². The largest absolute Gasteiger partial charge is 0.459 e. The molecule has 2 aromatic rings. The Morgan fingerprint density at radius 1 is 1.00 bits per heavy atom. The first kappa shape index (κ1) is 11.3. The summed E-state index contributed by atoms with van der Waals surface area (Å²) in [6, 6.07) is 2.00. The van der Waals surface area contributed by atoms with Crippen molar-refractivity contribution in [2.24, 2.45) is 0 Å². The molecule has 0 saturated carbocycles. The van der Waals surface area contributed by atoms with Crippen molar-refractivity contribution in [1.82, 2.24) is 4.98 Å². The van der Waals surface area contributed by atoms with Crippen LogP contribution in [0.1, 0.15) is 52.9 Å². The summed E-state index contributed by atoms with van der Waals surface area (Å²) in [6.45, 7) is 13.3. The molecule has 0 saturated heterocycles. The van der Waals surface area contributed by atoms with Crippen LogP contribution in [0.2, 0.25) is 0 Å². The Kier molecular flexibility index (Phi) is 2.23. The molecule has 2 nitrogen and oxygen atoms in total. The Morgan fingerprint density at radius 3 is 2.12 bits per heavy atom. The second-order valence-corrected chi connectivity index (χ2v) is 6.52. The van der Waals surface area contributed by atoms with Gasteiger partial charge in [0.15, 0.2) is 5.58 Å². The Labute approximate surface area is 97.0 Å². The fraction of sp³-hybridized carbons (Fsp3) is 0.571. The molecule has 0 aliphatic carbocycles. The minimum absolute atomic E-state index is 0.0441. The molecular weight excluding hydrogens is 198 g/mol. The molecule has 0 fully saturated rings. The third-order valence-electron chi connectivity index (χ3n) is 2.83. The maximum atomic E-state index is 6.00. The molecule has 1 N–H and O–H groups in total. The van der Waals surface area contributed by atoms with Crippen LogP contribution in [0.25, 0.3) is 11.1 Å². The van der Waals surface area contributed by atoms with Crippen molar-refractivity contribution in [3.05, 3.63) is 23.6 Å². The summed E-state index contributed by atoms with van der Waals surface area (Å²) in [5.41, 5.74) is 3.56. The molecule has 0 amide bonds. The minimum Gasteiger partial charge on any atom is -0.459 e. The maximum Gasteiger partial charge on any atom is 0.152 e. The average Bonchev–Trinajstić information content (AvgIpc) is 2.53. The monoisotopic (exact) mass is 219 g/mol. The Balaban J connectivity index is 2.79. The predicted molar refractivity (Wildman–Crippen MR) is 68.0 cm³/mol. The third kappa shape index (κ3) is 1.66. The fourth-order valence-electron chi connectivity index (χ4n) is 2.15. The number of rotatable bonds is 0. The van der Waals surface area contributed by atoms with Crippen molar-refractivity contribution in [2.75, 3.05) is 0 Å². The molecule has 2 heteroatoms. The molecule has 2 rings (SSSR count). The number of H-pyrrole nitrogens is 1. The van der Waals surface area contributed by atoms with E-state index in [1.807, 2.05) is 12.3 Å². The highest BCUT2D eigenvalue weighted by atomic mass is 16.3. The van der Waals surface area contributed by atoms with Crippen LogP contribution < -0.4 is 0 Å². The fourth-order valence-corrected chi connectivity index (χ4v) is 2.15. The highest BCUT2D eigenvalue weighted by Gasteiger charge is 2.31. The molecule has 0 spiro atoms. The summed E-state index contributed by atoms with van der Waals surface area (Å²) in [6.07, 6.45) is 1.94. The van der Waals surface area contributed by atoms with Crippen molar-refractivity contribution < 1.29 is 4.42 Å². The van der Waals surface area contributed by atoms with E-state index in [-0.39, 0.29) is 10.8 Å². The van der Waals surface area contributed by atoms with Crippen LogP contribution in [0.5, 0.6) is 0 Å². The summed E-state index contributed by atoms with van der Waals surface area (Å²) in [7, 11) is 0. The van der Waals surface area contributed by atoms with Crippen molar-refractivity contribution in [3.63, 3.8) is 0 Å². The molecule has 2 aromatic heterocycles. The Bertz CT molecular complexity index is 503. The van der Waals surface area contributed by atoms with Gasteiger partial charge in [0, 0.05) is 17.2 Å². The quantitative estimate of drug-likeness (QED) is 0.701. The van der Waals surface area contributed by atoms with Gasteiger partial charge < -0.3 is 9.40 Å². The van der Waals surface area contributed by atoms with Gasteiger partial charge in [0.1, 0.15) is 5.76 Å². The lowest BCUT2D eigenvalue weighted by molar-refractivity contribution is 0.409. The number of nitrogens with one attached hydrogen (secondary N) is 1. The van der Waals surface area contributed by atoms with Crippen LogP contribution >= 0.6 is 0 Å². The van der Waals surface area contributed by atoms with E-state index < -0.39 is 0 Å². The van der Waals surface area contributed by atoms with Gasteiger partial charge in [0.25, 0.3) is 0 Å². The first-order chi connectivity index (χ1) is 7.21. The van der Waals surface area contributed by atoms with Crippen LogP contribution in [0, 0.1) is 0 Å². The zero-order valence-corrected chi connectivity index (χ0v) is 11.1. The van der Waals surface area contributed by atoms with Gasteiger partial charge >= 0.3 is 0 Å². The molecule has 0 aliphatic rings. The van der Waals surface area contributed by atoms with Gasteiger partial charge in [-0.25, -0.2) is 0 Å². The van der Waals surface area contributed by atoms with Gasteiger partial charge in [-0.3, -0.25) is 0 Å². The van der Waals surface area contributed by atoms with Crippen LogP contribution in [0.4, 0.5) is 0 Å². The lowest BCUT2D eigenvalue weighted by Gasteiger charge is -2.24. The van der Waals surface area contributed by atoms with Crippen molar-refractivity contribution in [1.29, 1.82) is 0 Å². The normalized spacial score (nSPS) is 13.6. The molecular formula is C14H21NO. The van der Waals surface area contributed by atoms with E-state index in [4.69, 9.17) is 4.42 Å². The van der Waals surface area contributed by atoms with Crippen molar-refractivity contribution >= 4 is 11.1 Å². The number of hydrogen-bond donors (Lipinski definition) is 1. The van der Waals surface area contributed by atoms with E-state index in [1.165, 1.54) is 5.56 Å². The molecule has 88 valence electrons. The SMILES string of the molecule is CC(C)(C)c1oc2cc[nH]c2c1C(C)(C)C. The Morgan fingerprint density at radius 2 is 1.62 bits per heavy atom. The lowest BCUT2D eigenvalue weighted by atomic mass is 9.80. The standard InChI is InChI=1S/C14H21NO/c1-13(2,3)10-11-9(7-8-15-11)16-12(10)14(4,5)6/h7-8,15H,1-6H3. The third-order valence-corrected chi connectivity index (χ3v) is 2.83. The molecule has 2 heterocycles. The lowest BCUT2D eigenvalue weighted by Crippen LogP contribution is -2.20.